The van der Waals surface area contributed by atoms with Gasteiger partial charge in [0.15, 0.2) is 16.7 Å². The Morgan fingerprint density at radius 3 is 2.87 bits per heavy atom. The molecule has 0 saturated heterocycles. The lowest BCUT2D eigenvalue weighted by atomic mass is 10.2. The smallest absolute Gasteiger partial charge is 0.169 e. The maximum Gasteiger partial charge on any atom is 0.169 e. The number of carbonyl (C=O) groups is 1. The van der Waals surface area contributed by atoms with E-state index in [9.17, 15) is 4.79 Å². The van der Waals surface area contributed by atoms with Crippen molar-refractivity contribution in [2.75, 3.05) is 26.0 Å². The first-order chi connectivity index (χ1) is 14.6. The predicted molar refractivity (Wildman–Crippen MR) is 120 cm³/mol. The van der Waals surface area contributed by atoms with E-state index in [-0.39, 0.29) is 13.2 Å². The Kier molecular flexibility index (Phi) is 7.62. The molecule has 0 saturated carbocycles. The zero-order valence-corrected chi connectivity index (χ0v) is 17.9. The molecule has 0 aliphatic carbocycles. The van der Waals surface area contributed by atoms with Gasteiger partial charge in [-0.3, -0.25) is 0 Å². The number of hydrogen-bond acceptors (Lipinski definition) is 7. The van der Waals surface area contributed by atoms with Gasteiger partial charge in [0.05, 0.1) is 29.9 Å². The number of imidazole rings is 1. The molecule has 0 aliphatic heterocycles. The summed E-state index contributed by atoms with van der Waals surface area (Å²) in [4.78, 5) is 15.7. The van der Waals surface area contributed by atoms with Crippen molar-refractivity contribution < 1.29 is 14.3 Å². The number of carbonyl (C=O) groups excluding carboxylic acids is 1. The van der Waals surface area contributed by atoms with Gasteiger partial charge in [0.2, 0.25) is 0 Å². The molecule has 2 aromatic carbocycles. The van der Waals surface area contributed by atoms with E-state index >= 15 is 0 Å². The molecular formula is C22H26N4O3S. The van der Waals surface area contributed by atoms with Crippen molar-refractivity contribution in [1.82, 2.24) is 14.9 Å². The second kappa shape index (κ2) is 10.6. The highest BCUT2D eigenvalue weighted by Crippen LogP contribution is 2.31. The Bertz CT molecular complexity index is 1030. The van der Waals surface area contributed by atoms with E-state index in [0.717, 1.165) is 28.0 Å². The highest BCUT2D eigenvalue weighted by Gasteiger charge is 2.12. The Morgan fingerprint density at radius 2 is 2.07 bits per heavy atom. The molecule has 0 spiro atoms. The van der Waals surface area contributed by atoms with E-state index in [4.69, 9.17) is 15.2 Å². The van der Waals surface area contributed by atoms with Gasteiger partial charge in [0.25, 0.3) is 0 Å². The number of thioether (sulfide) groups is 1. The summed E-state index contributed by atoms with van der Waals surface area (Å²) in [6, 6.07) is 13.6. The highest BCUT2D eigenvalue weighted by molar-refractivity contribution is 7.99. The van der Waals surface area contributed by atoms with Crippen LogP contribution in [0.1, 0.15) is 5.56 Å². The highest BCUT2D eigenvalue weighted by atomic mass is 32.2. The lowest BCUT2D eigenvalue weighted by molar-refractivity contribution is -0.108. The zero-order valence-electron chi connectivity index (χ0n) is 17.1. The molecule has 0 radical (unpaired) electrons. The number of fused-ring (bicyclic) bond motifs is 1. The summed E-state index contributed by atoms with van der Waals surface area (Å²) in [6.07, 6.45) is 2.58. The largest absolute Gasteiger partial charge is 0.489 e. The van der Waals surface area contributed by atoms with Crippen LogP contribution in [0.15, 0.2) is 59.5 Å². The lowest BCUT2D eigenvalue weighted by Gasteiger charge is -2.15. The molecule has 7 nitrogen and oxygen atoms in total. The van der Waals surface area contributed by atoms with Crippen LogP contribution in [-0.2, 0) is 11.3 Å². The number of aryl methyl sites for hydroxylation is 1. The standard InChI is InChI=1S/C22H26N4O3S/c1-16-6-5-9-20(29-15-17(23)14-24-2)21(16)28-12-13-30-22-25-18-7-3-4-8-19(18)26(22)10-11-27/h3-9,11,14,24H,10,12-13,15,23H2,1-2H3/b17-14-. The number of nitrogens with two attached hydrogens (primary N) is 1. The number of rotatable bonds is 11. The molecule has 0 aliphatic rings. The third kappa shape index (κ3) is 5.27. The van der Waals surface area contributed by atoms with E-state index in [1.807, 2.05) is 54.0 Å². The van der Waals surface area contributed by atoms with Crippen molar-refractivity contribution in [2.24, 2.45) is 5.73 Å². The van der Waals surface area contributed by atoms with Gasteiger partial charge in [-0.05, 0) is 30.7 Å². The zero-order chi connectivity index (χ0) is 21.3. The molecule has 30 heavy (non-hydrogen) atoms. The molecule has 0 fully saturated rings. The average molecular weight is 427 g/mol. The molecule has 1 heterocycles. The fourth-order valence-corrected chi connectivity index (χ4v) is 3.84. The minimum Gasteiger partial charge on any atom is -0.489 e. The van der Waals surface area contributed by atoms with Gasteiger partial charge in [0, 0.05) is 19.0 Å². The molecule has 0 bridgehead atoms. The lowest BCUT2D eigenvalue weighted by Crippen LogP contribution is -2.13. The number of aldehydes is 1. The number of aromatic nitrogens is 2. The van der Waals surface area contributed by atoms with Crippen molar-refractivity contribution in [3.63, 3.8) is 0 Å². The number of nitrogens with one attached hydrogen (secondary N) is 1. The summed E-state index contributed by atoms with van der Waals surface area (Å²) in [6.45, 7) is 3.00. The van der Waals surface area contributed by atoms with E-state index in [0.29, 0.717) is 29.6 Å². The van der Waals surface area contributed by atoms with E-state index in [1.165, 1.54) is 0 Å². The number of benzene rings is 2. The number of ether oxygens (including phenoxy) is 2. The van der Waals surface area contributed by atoms with Gasteiger partial charge in [-0.2, -0.15) is 0 Å². The van der Waals surface area contributed by atoms with Gasteiger partial charge in [-0.1, -0.05) is 36.0 Å². The van der Waals surface area contributed by atoms with Gasteiger partial charge in [0.1, 0.15) is 12.9 Å². The first kappa shape index (κ1) is 21.6. The van der Waals surface area contributed by atoms with E-state index < -0.39 is 0 Å². The molecule has 1 aromatic heterocycles. The van der Waals surface area contributed by atoms with Gasteiger partial charge < -0.3 is 29.9 Å². The summed E-state index contributed by atoms with van der Waals surface area (Å²) in [7, 11) is 1.79. The van der Waals surface area contributed by atoms with Crippen LogP contribution in [0.2, 0.25) is 0 Å². The Hall–Kier alpha value is -3.13. The van der Waals surface area contributed by atoms with Crippen LogP contribution in [0.5, 0.6) is 11.5 Å². The molecule has 3 aromatic rings. The normalized spacial score (nSPS) is 11.5. The Balaban J connectivity index is 1.63. The van der Waals surface area contributed by atoms with Crippen molar-refractivity contribution >= 4 is 29.1 Å². The molecular weight excluding hydrogens is 400 g/mol. The Morgan fingerprint density at radius 1 is 1.23 bits per heavy atom. The molecule has 3 N–H and O–H groups in total. The van der Waals surface area contributed by atoms with E-state index in [2.05, 4.69) is 10.3 Å². The predicted octanol–water partition coefficient (Wildman–Crippen LogP) is 3.11. The second-order valence-electron chi connectivity index (χ2n) is 6.56. The van der Waals surface area contributed by atoms with Crippen molar-refractivity contribution in [2.45, 2.75) is 18.6 Å². The molecule has 158 valence electrons. The summed E-state index contributed by atoms with van der Waals surface area (Å²) in [5.74, 6) is 2.04. The van der Waals surface area contributed by atoms with Crippen molar-refractivity contribution in [3.8, 4) is 11.5 Å². The monoisotopic (exact) mass is 426 g/mol. The minimum absolute atomic E-state index is 0.269. The van der Waals surface area contributed by atoms with Crippen LogP contribution in [0.25, 0.3) is 11.0 Å². The first-order valence-corrected chi connectivity index (χ1v) is 10.6. The first-order valence-electron chi connectivity index (χ1n) is 9.62. The minimum atomic E-state index is 0.269. The molecule has 8 heteroatoms. The second-order valence-corrected chi connectivity index (χ2v) is 7.62. The van der Waals surface area contributed by atoms with Crippen LogP contribution in [0, 0.1) is 6.92 Å². The third-order valence-electron chi connectivity index (χ3n) is 4.34. The summed E-state index contributed by atoms with van der Waals surface area (Å²) in [5, 5.41) is 3.68. The molecule has 0 atom stereocenters. The third-order valence-corrected chi connectivity index (χ3v) is 5.28. The SMILES string of the molecule is CN/C=C(\N)COc1cccc(C)c1OCCSc1nc2ccccc2n1CC=O. The van der Waals surface area contributed by atoms with Crippen LogP contribution in [-0.4, -0.2) is 41.9 Å². The fourth-order valence-electron chi connectivity index (χ4n) is 3.00. The number of nitrogens with zero attached hydrogens (tertiary/aromatic N) is 2. The summed E-state index contributed by atoms with van der Waals surface area (Å²) >= 11 is 1.56. The van der Waals surface area contributed by atoms with Crippen LogP contribution in [0.4, 0.5) is 0 Å². The van der Waals surface area contributed by atoms with Crippen LogP contribution in [0.3, 0.4) is 0 Å². The maximum absolute atomic E-state index is 11.1. The molecule has 3 rings (SSSR count). The molecule has 0 unspecified atom stereocenters. The fraction of sp³-hybridized carbons (Fsp3) is 0.273. The van der Waals surface area contributed by atoms with Crippen molar-refractivity contribution in [1.29, 1.82) is 0 Å². The topological polar surface area (TPSA) is 91.4 Å². The molecule has 0 amide bonds. The van der Waals surface area contributed by atoms with Gasteiger partial charge in [-0.15, -0.1) is 0 Å². The van der Waals surface area contributed by atoms with Crippen LogP contribution < -0.4 is 20.5 Å². The summed E-state index contributed by atoms with van der Waals surface area (Å²) < 4.78 is 13.8. The number of para-hydroxylation sites is 3. The maximum atomic E-state index is 11.1. The quantitative estimate of drug-likeness (QED) is 0.276. The van der Waals surface area contributed by atoms with Gasteiger partial charge >= 0.3 is 0 Å². The van der Waals surface area contributed by atoms with Gasteiger partial charge in [-0.25, -0.2) is 4.98 Å². The Labute approximate surface area is 180 Å². The van der Waals surface area contributed by atoms with Crippen LogP contribution >= 0.6 is 11.8 Å². The number of hydrogen-bond donors (Lipinski definition) is 2. The summed E-state index contributed by atoms with van der Waals surface area (Å²) in [5.41, 5.74) is 9.29. The van der Waals surface area contributed by atoms with E-state index in [1.54, 1.807) is 25.0 Å². The van der Waals surface area contributed by atoms with Crippen molar-refractivity contribution in [3.05, 3.63) is 59.9 Å². The average Bonchev–Trinajstić information content (AvgIpc) is 3.09.